The molecule has 2 heterocycles. The van der Waals surface area contributed by atoms with Crippen molar-refractivity contribution in [2.45, 2.75) is 32.1 Å². The number of carbonyl (C=O) groups is 1. The molecule has 2 rings (SSSR count). The van der Waals surface area contributed by atoms with Crippen molar-refractivity contribution in [3.05, 3.63) is 42.7 Å². The number of nitrogens with one attached hydrogen (secondary N) is 2. The topological polar surface area (TPSA) is 87.1 Å². The van der Waals surface area contributed by atoms with Crippen molar-refractivity contribution in [2.75, 3.05) is 11.9 Å². The largest absolute Gasteiger partial charge is 0.383 e. The Kier molecular flexibility index (Phi) is 7.00. The summed E-state index contributed by atoms with van der Waals surface area (Å²) in [7, 11) is 0. The third-order valence-electron chi connectivity index (χ3n) is 3.49. The van der Waals surface area contributed by atoms with Gasteiger partial charge in [0.25, 0.3) is 0 Å². The first kappa shape index (κ1) is 16.9. The van der Waals surface area contributed by atoms with E-state index in [1.54, 1.807) is 17.9 Å². The first-order valence-electron chi connectivity index (χ1n) is 7.84. The second kappa shape index (κ2) is 9.53. The van der Waals surface area contributed by atoms with E-state index in [9.17, 15) is 4.79 Å². The zero-order chi connectivity index (χ0) is 16.3. The minimum absolute atomic E-state index is 0.321. The van der Waals surface area contributed by atoms with Crippen molar-refractivity contribution in [2.24, 2.45) is 0 Å². The first-order valence-corrected chi connectivity index (χ1v) is 7.84. The third kappa shape index (κ3) is 5.67. The number of amides is 1. The van der Waals surface area contributed by atoms with Gasteiger partial charge in [0.2, 0.25) is 5.91 Å². The molecule has 0 aromatic carbocycles. The average Bonchev–Trinajstić information content (AvgIpc) is 2.61. The molecule has 0 spiro atoms. The monoisotopic (exact) mass is 314 g/mol. The van der Waals surface area contributed by atoms with Gasteiger partial charge in [0.1, 0.15) is 5.69 Å². The second-order valence-corrected chi connectivity index (χ2v) is 5.24. The van der Waals surface area contributed by atoms with Gasteiger partial charge in [-0.05, 0) is 37.1 Å². The second-order valence-electron chi connectivity index (χ2n) is 5.24. The smallest absolute Gasteiger partial charge is 0.243 e. The summed E-state index contributed by atoms with van der Waals surface area (Å²) in [6, 6.07) is 9.69. The molecule has 2 aromatic rings. The average molecular weight is 314 g/mol. The van der Waals surface area contributed by atoms with Crippen LogP contribution < -0.4 is 10.8 Å². The van der Waals surface area contributed by atoms with Gasteiger partial charge in [-0.1, -0.05) is 18.9 Å². The van der Waals surface area contributed by atoms with Gasteiger partial charge in [-0.2, -0.15) is 0 Å². The zero-order valence-corrected chi connectivity index (χ0v) is 13.0. The van der Waals surface area contributed by atoms with E-state index < -0.39 is 0 Å². The van der Waals surface area contributed by atoms with Gasteiger partial charge in [-0.3, -0.25) is 20.0 Å². The van der Waals surface area contributed by atoms with Crippen LogP contribution in [0, 0.1) is 0 Å². The fraction of sp³-hybridized carbons (Fsp3) is 0.353. The Bertz CT molecular complexity index is 605. The van der Waals surface area contributed by atoms with Crippen molar-refractivity contribution in [1.82, 2.24) is 15.4 Å². The zero-order valence-electron chi connectivity index (χ0n) is 13.0. The fourth-order valence-electron chi connectivity index (χ4n) is 2.30. The molecule has 0 bridgehead atoms. The molecule has 0 saturated carbocycles. The number of aromatic nitrogens is 2. The van der Waals surface area contributed by atoms with Crippen molar-refractivity contribution < 1.29 is 10.0 Å². The molecule has 0 saturated heterocycles. The Morgan fingerprint density at radius 2 is 1.83 bits per heavy atom. The predicted octanol–water partition coefficient (Wildman–Crippen LogP) is 3.01. The quantitative estimate of drug-likeness (QED) is 0.376. The summed E-state index contributed by atoms with van der Waals surface area (Å²) in [5, 5.41) is 11.8. The molecule has 0 fully saturated rings. The molecular weight excluding hydrogens is 292 g/mol. The minimum atomic E-state index is -0.321. The number of anilines is 1. The maximum atomic E-state index is 10.9. The molecule has 0 radical (unpaired) electrons. The Balaban J connectivity index is 1.75. The minimum Gasteiger partial charge on any atom is -0.383 e. The molecule has 0 unspecified atom stereocenters. The van der Waals surface area contributed by atoms with Crippen LogP contribution in [0.1, 0.15) is 32.1 Å². The van der Waals surface area contributed by atoms with E-state index >= 15 is 0 Å². The molecule has 23 heavy (non-hydrogen) atoms. The lowest BCUT2D eigenvalue weighted by Gasteiger charge is -2.10. The molecule has 2 aromatic heterocycles. The van der Waals surface area contributed by atoms with Crippen LogP contribution in [0.15, 0.2) is 42.7 Å². The molecule has 0 aliphatic carbocycles. The Hall–Kier alpha value is -2.47. The highest BCUT2D eigenvalue weighted by Gasteiger charge is 2.06. The van der Waals surface area contributed by atoms with Gasteiger partial charge < -0.3 is 5.32 Å². The molecule has 1 amide bonds. The van der Waals surface area contributed by atoms with Crippen LogP contribution >= 0.6 is 0 Å². The molecule has 6 nitrogen and oxygen atoms in total. The van der Waals surface area contributed by atoms with Crippen LogP contribution in [0.5, 0.6) is 0 Å². The van der Waals surface area contributed by atoms with Crippen LogP contribution in [0.4, 0.5) is 5.69 Å². The highest BCUT2D eigenvalue weighted by Crippen LogP contribution is 2.23. The van der Waals surface area contributed by atoms with Crippen molar-refractivity contribution in [3.63, 3.8) is 0 Å². The van der Waals surface area contributed by atoms with Gasteiger partial charge in [0, 0.05) is 25.4 Å². The Morgan fingerprint density at radius 3 is 2.61 bits per heavy atom. The first-order chi connectivity index (χ1) is 11.3. The lowest BCUT2D eigenvalue weighted by atomic mass is 10.1. The highest BCUT2D eigenvalue weighted by atomic mass is 16.5. The van der Waals surface area contributed by atoms with E-state index in [1.807, 2.05) is 30.3 Å². The molecule has 0 aliphatic rings. The summed E-state index contributed by atoms with van der Waals surface area (Å²) in [6.07, 6.45) is 7.70. The number of nitrogens with zero attached hydrogens (tertiary/aromatic N) is 2. The molecule has 6 heteroatoms. The van der Waals surface area contributed by atoms with Crippen LogP contribution in [-0.4, -0.2) is 27.6 Å². The fourth-order valence-corrected chi connectivity index (χ4v) is 2.30. The maximum Gasteiger partial charge on any atom is 0.243 e. The number of hydrogen-bond acceptors (Lipinski definition) is 5. The SMILES string of the molecule is O=C(CCCCCCNc1cccnc1-c1ccccn1)NO. The molecule has 3 N–H and O–H groups in total. The summed E-state index contributed by atoms with van der Waals surface area (Å²) in [4.78, 5) is 19.6. The highest BCUT2D eigenvalue weighted by molar-refractivity contribution is 5.74. The van der Waals surface area contributed by atoms with Crippen LogP contribution in [0.25, 0.3) is 11.4 Å². The summed E-state index contributed by atoms with van der Waals surface area (Å²) < 4.78 is 0. The van der Waals surface area contributed by atoms with E-state index in [0.717, 1.165) is 49.3 Å². The van der Waals surface area contributed by atoms with E-state index in [2.05, 4.69) is 15.3 Å². The molecular formula is C17H22N4O2. The van der Waals surface area contributed by atoms with Crippen LogP contribution in [0.2, 0.25) is 0 Å². The predicted molar refractivity (Wildman–Crippen MR) is 89.0 cm³/mol. The Morgan fingerprint density at radius 1 is 1.00 bits per heavy atom. The van der Waals surface area contributed by atoms with Gasteiger partial charge >= 0.3 is 0 Å². The van der Waals surface area contributed by atoms with Crippen LogP contribution in [-0.2, 0) is 4.79 Å². The molecule has 0 aliphatic heterocycles. The summed E-state index contributed by atoms with van der Waals surface area (Å²) in [5.41, 5.74) is 4.33. The van der Waals surface area contributed by atoms with E-state index in [-0.39, 0.29) is 5.91 Å². The number of pyridine rings is 2. The van der Waals surface area contributed by atoms with Crippen molar-refractivity contribution in [1.29, 1.82) is 0 Å². The lowest BCUT2D eigenvalue weighted by molar-refractivity contribution is -0.129. The van der Waals surface area contributed by atoms with E-state index in [4.69, 9.17) is 5.21 Å². The number of hydrogen-bond donors (Lipinski definition) is 3. The van der Waals surface area contributed by atoms with Gasteiger partial charge in [-0.25, -0.2) is 5.48 Å². The van der Waals surface area contributed by atoms with E-state index in [0.29, 0.717) is 6.42 Å². The van der Waals surface area contributed by atoms with Crippen molar-refractivity contribution >= 4 is 11.6 Å². The summed E-state index contributed by atoms with van der Waals surface area (Å²) in [5.74, 6) is -0.321. The number of hydroxylamine groups is 1. The normalized spacial score (nSPS) is 10.3. The van der Waals surface area contributed by atoms with Gasteiger partial charge in [0.05, 0.1) is 11.4 Å². The third-order valence-corrected chi connectivity index (χ3v) is 3.49. The number of carbonyl (C=O) groups excluding carboxylic acids is 1. The number of unbranched alkanes of at least 4 members (excludes halogenated alkanes) is 3. The van der Waals surface area contributed by atoms with Crippen LogP contribution in [0.3, 0.4) is 0 Å². The standard InChI is InChI=1S/C17H22N4O2/c22-16(21-23)10-3-1-2-5-11-18-15-9-7-13-20-17(15)14-8-4-6-12-19-14/h4,6-9,12-13,18,23H,1-3,5,10-11H2,(H,21,22). The van der Waals surface area contributed by atoms with Gasteiger partial charge in [-0.15, -0.1) is 0 Å². The summed E-state index contributed by atoms with van der Waals surface area (Å²) >= 11 is 0. The Labute approximate surface area is 135 Å². The van der Waals surface area contributed by atoms with Gasteiger partial charge in [0.15, 0.2) is 0 Å². The number of rotatable bonds is 9. The van der Waals surface area contributed by atoms with Crippen molar-refractivity contribution in [3.8, 4) is 11.4 Å². The molecule has 122 valence electrons. The summed E-state index contributed by atoms with van der Waals surface area (Å²) in [6.45, 7) is 0.845. The lowest BCUT2D eigenvalue weighted by Crippen LogP contribution is -2.17. The maximum absolute atomic E-state index is 10.9. The van der Waals surface area contributed by atoms with E-state index in [1.165, 1.54) is 0 Å². The molecule has 0 atom stereocenters.